The highest BCUT2D eigenvalue weighted by atomic mass is 16.2. The van der Waals surface area contributed by atoms with Crippen LogP contribution in [0.2, 0.25) is 0 Å². The molecule has 3 heterocycles. The molecular formula is C24H25N7O4. The molecule has 4 rings (SSSR count). The third kappa shape index (κ3) is 5.18. The van der Waals surface area contributed by atoms with E-state index in [-0.39, 0.29) is 18.2 Å². The second-order valence-corrected chi connectivity index (χ2v) is 8.09. The Morgan fingerprint density at radius 2 is 1.80 bits per heavy atom. The van der Waals surface area contributed by atoms with Crippen molar-refractivity contribution >= 4 is 28.7 Å². The number of imidazole rings is 1. The molecule has 0 aliphatic heterocycles. The molecule has 0 atom stereocenters. The van der Waals surface area contributed by atoms with Gasteiger partial charge in [0.2, 0.25) is 5.91 Å². The van der Waals surface area contributed by atoms with Crippen LogP contribution in [0.5, 0.6) is 0 Å². The summed E-state index contributed by atoms with van der Waals surface area (Å²) >= 11 is 0. The van der Waals surface area contributed by atoms with Gasteiger partial charge in [-0.25, -0.2) is 9.78 Å². The van der Waals surface area contributed by atoms with E-state index in [1.807, 2.05) is 12.1 Å². The first-order valence-electron chi connectivity index (χ1n) is 11.0. The predicted molar refractivity (Wildman–Crippen MR) is 130 cm³/mol. The summed E-state index contributed by atoms with van der Waals surface area (Å²) in [4.78, 5) is 57.3. The normalized spacial score (nSPS) is 10.9. The van der Waals surface area contributed by atoms with Crippen LogP contribution in [0, 0.1) is 0 Å². The van der Waals surface area contributed by atoms with Gasteiger partial charge < -0.3 is 15.2 Å². The van der Waals surface area contributed by atoms with Crippen LogP contribution in [0.25, 0.3) is 11.2 Å². The molecule has 0 saturated heterocycles. The first kappa shape index (κ1) is 23.6. The fraction of sp³-hybridized carbons (Fsp3) is 0.250. The van der Waals surface area contributed by atoms with Gasteiger partial charge in [-0.15, -0.1) is 0 Å². The number of aryl methyl sites for hydroxylation is 2. The van der Waals surface area contributed by atoms with Crippen molar-refractivity contribution in [2.75, 3.05) is 5.32 Å². The van der Waals surface area contributed by atoms with E-state index in [0.717, 1.165) is 10.1 Å². The fourth-order valence-electron chi connectivity index (χ4n) is 3.73. The van der Waals surface area contributed by atoms with E-state index in [2.05, 4.69) is 20.6 Å². The van der Waals surface area contributed by atoms with Crippen LogP contribution in [0.1, 0.15) is 28.8 Å². The lowest BCUT2D eigenvalue weighted by atomic mass is 10.2. The molecule has 4 aromatic rings. The van der Waals surface area contributed by atoms with Gasteiger partial charge in [0.25, 0.3) is 11.5 Å². The van der Waals surface area contributed by atoms with Gasteiger partial charge in [0.05, 0.1) is 6.33 Å². The Morgan fingerprint density at radius 3 is 2.57 bits per heavy atom. The quantitative estimate of drug-likeness (QED) is 0.393. The zero-order valence-electron chi connectivity index (χ0n) is 19.4. The minimum absolute atomic E-state index is 0.138. The number of pyridine rings is 1. The van der Waals surface area contributed by atoms with Crippen LogP contribution < -0.4 is 21.9 Å². The van der Waals surface area contributed by atoms with Crippen LogP contribution in [-0.4, -0.2) is 35.5 Å². The summed E-state index contributed by atoms with van der Waals surface area (Å²) in [7, 11) is 2.99. The number of nitrogens with one attached hydrogen (secondary N) is 2. The van der Waals surface area contributed by atoms with Crippen molar-refractivity contribution in [3.8, 4) is 0 Å². The Bertz CT molecular complexity index is 1500. The molecule has 0 saturated carbocycles. The van der Waals surface area contributed by atoms with Crippen LogP contribution in [-0.2, 0) is 32.0 Å². The molecule has 0 bridgehead atoms. The average Bonchev–Trinajstić information content (AvgIpc) is 3.30. The molecule has 0 fully saturated rings. The number of rotatable bonds is 8. The Morgan fingerprint density at radius 1 is 1.03 bits per heavy atom. The first-order chi connectivity index (χ1) is 16.8. The van der Waals surface area contributed by atoms with Gasteiger partial charge in [0.15, 0.2) is 11.2 Å². The first-order valence-corrected chi connectivity index (χ1v) is 11.0. The summed E-state index contributed by atoms with van der Waals surface area (Å²) in [5.41, 5.74) is 1.77. The molecule has 0 aliphatic carbocycles. The molecule has 0 aliphatic rings. The summed E-state index contributed by atoms with van der Waals surface area (Å²) in [6.07, 6.45) is 5.36. The molecule has 2 N–H and O–H groups in total. The maximum Gasteiger partial charge on any atom is 0.332 e. The number of carbonyl (C=O) groups excluding carboxylic acids is 2. The molecular weight excluding hydrogens is 450 g/mol. The smallest absolute Gasteiger partial charge is 0.332 e. The molecule has 35 heavy (non-hydrogen) atoms. The highest BCUT2D eigenvalue weighted by Crippen LogP contribution is 2.13. The van der Waals surface area contributed by atoms with Crippen LogP contribution in [0.3, 0.4) is 0 Å². The van der Waals surface area contributed by atoms with Gasteiger partial charge >= 0.3 is 5.69 Å². The second-order valence-electron chi connectivity index (χ2n) is 8.09. The van der Waals surface area contributed by atoms with Gasteiger partial charge in [0.1, 0.15) is 0 Å². The largest absolute Gasteiger partial charge is 0.352 e. The van der Waals surface area contributed by atoms with Crippen molar-refractivity contribution in [1.29, 1.82) is 0 Å². The van der Waals surface area contributed by atoms with Crippen LogP contribution in [0.15, 0.2) is 64.7 Å². The van der Waals surface area contributed by atoms with E-state index in [4.69, 9.17) is 0 Å². The van der Waals surface area contributed by atoms with E-state index in [0.29, 0.717) is 41.9 Å². The van der Waals surface area contributed by atoms with Crippen molar-refractivity contribution in [3.05, 3.63) is 87.1 Å². The van der Waals surface area contributed by atoms with Gasteiger partial charge in [-0.05, 0) is 36.2 Å². The molecule has 180 valence electrons. The fourth-order valence-corrected chi connectivity index (χ4v) is 3.73. The zero-order valence-corrected chi connectivity index (χ0v) is 19.4. The number of hydrogen-bond acceptors (Lipinski definition) is 6. The highest BCUT2D eigenvalue weighted by Gasteiger charge is 2.14. The Labute approximate surface area is 200 Å². The van der Waals surface area contributed by atoms with Crippen molar-refractivity contribution in [1.82, 2.24) is 29.0 Å². The number of hydrogen-bond donors (Lipinski definition) is 2. The molecule has 1 aromatic carbocycles. The van der Waals surface area contributed by atoms with Crippen LogP contribution in [0.4, 0.5) is 5.69 Å². The molecule has 0 radical (unpaired) electrons. The number of amides is 2. The number of anilines is 1. The minimum Gasteiger partial charge on any atom is -0.352 e. The Hall–Kier alpha value is -4.54. The standard InChI is InChI=1S/C24H25N7O4/c1-29-21-20(23(34)30(2)24(29)35)31(15-27-21)12-4-7-19(32)26-14-16-5-3-6-18(13-16)28-22(33)17-8-10-25-11-9-17/h3,5-6,8-11,13,15H,4,7,12,14H2,1-2H3,(H,26,32)(H,28,33). The number of fused-ring (bicyclic) bond motifs is 1. The summed E-state index contributed by atoms with van der Waals surface area (Å²) in [5, 5.41) is 5.70. The van der Waals surface area contributed by atoms with Crippen molar-refractivity contribution < 1.29 is 9.59 Å². The number of aromatic nitrogens is 5. The van der Waals surface area contributed by atoms with Gasteiger partial charge in [-0.3, -0.25) is 28.5 Å². The Balaban J connectivity index is 1.30. The average molecular weight is 476 g/mol. The van der Waals surface area contributed by atoms with E-state index < -0.39 is 11.2 Å². The molecule has 11 heteroatoms. The topological polar surface area (TPSA) is 133 Å². The van der Waals surface area contributed by atoms with Crippen molar-refractivity contribution in [3.63, 3.8) is 0 Å². The lowest BCUT2D eigenvalue weighted by Gasteiger charge is -2.09. The van der Waals surface area contributed by atoms with E-state index in [1.165, 1.54) is 17.9 Å². The summed E-state index contributed by atoms with van der Waals surface area (Å²) < 4.78 is 4.04. The van der Waals surface area contributed by atoms with E-state index in [1.54, 1.807) is 48.3 Å². The maximum atomic E-state index is 12.5. The molecule has 11 nitrogen and oxygen atoms in total. The van der Waals surface area contributed by atoms with Gasteiger partial charge in [0, 0.05) is 57.3 Å². The Kier molecular flexibility index (Phi) is 6.86. The monoisotopic (exact) mass is 475 g/mol. The molecule has 0 spiro atoms. The highest BCUT2D eigenvalue weighted by molar-refractivity contribution is 6.04. The van der Waals surface area contributed by atoms with Crippen molar-refractivity contribution in [2.24, 2.45) is 14.1 Å². The lowest BCUT2D eigenvalue weighted by Crippen LogP contribution is -2.37. The number of benzene rings is 1. The third-order valence-electron chi connectivity index (χ3n) is 5.64. The van der Waals surface area contributed by atoms with E-state index >= 15 is 0 Å². The predicted octanol–water partition coefficient (Wildman–Crippen LogP) is 1.18. The minimum atomic E-state index is -0.437. The molecule has 3 aromatic heterocycles. The molecule has 2 amide bonds. The van der Waals surface area contributed by atoms with Crippen LogP contribution >= 0.6 is 0 Å². The zero-order chi connectivity index (χ0) is 24.9. The third-order valence-corrected chi connectivity index (χ3v) is 5.64. The van der Waals surface area contributed by atoms with E-state index in [9.17, 15) is 19.2 Å². The maximum absolute atomic E-state index is 12.5. The second kappa shape index (κ2) is 10.2. The molecule has 0 unspecified atom stereocenters. The SMILES string of the molecule is Cn1c(=O)c2c(ncn2CCCC(=O)NCc2cccc(NC(=O)c3ccncc3)c2)n(C)c1=O. The number of nitrogens with zero attached hydrogens (tertiary/aromatic N) is 5. The number of carbonyl (C=O) groups is 2. The van der Waals surface area contributed by atoms with Gasteiger partial charge in [-0.1, -0.05) is 12.1 Å². The lowest BCUT2D eigenvalue weighted by molar-refractivity contribution is -0.121. The summed E-state index contributed by atoms with van der Waals surface area (Å²) in [5.74, 6) is -0.378. The van der Waals surface area contributed by atoms with Crippen molar-refractivity contribution in [2.45, 2.75) is 25.9 Å². The summed E-state index contributed by atoms with van der Waals surface area (Å²) in [6.45, 7) is 0.725. The summed E-state index contributed by atoms with van der Waals surface area (Å²) in [6, 6.07) is 10.5. The van der Waals surface area contributed by atoms with Gasteiger partial charge in [-0.2, -0.15) is 0 Å².